The van der Waals surface area contributed by atoms with Gasteiger partial charge in [-0.1, -0.05) is 6.08 Å². The minimum Gasteiger partial charge on any atom is -0.480 e. The Hall–Kier alpha value is -1.12. The third kappa shape index (κ3) is 1.15. The lowest BCUT2D eigenvalue weighted by Crippen LogP contribution is -2.34. The van der Waals surface area contributed by atoms with Crippen molar-refractivity contribution in [2.45, 2.75) is 25.7 Å². The summed E-state index contributed by atoms with van der Waals surface area (Å²) in [6.07, 6.45) is 3.34. The maximum absolute atomic E-state index is 11.3. The highest BCUT2D eigenvalue weighted by Crippen LogP contribution is 2.38. The number of Topliss-reactive ketones (excluding diaryl/α,β-unsaturated/α-hetero) is 1. The number of carbonyl (C=O) groups excluding carboxylic acids is 1. The van der Waals surface area contributed by atoms with E-state index in [-0.39, 0.29) is 12.2 Å². The van der Waals surface area contributed by atoms with Gasteiger partial charge in [0.2, 0.25) is 0 Å². The van der Waals surface area contributed by atoms with Crippen molar-refractivity contribution >= 4 is 11.8 Å². The van der Waals surface area contributed by atoms with E-state index in [1.165, 1.54) is 6.08 Å². The van der Waals surface area contributed by atoms with E-state index in [9.17, 15) is 9.59 Å². The number of hydrogen-bond acceptors (Lipinski definition) is 2. The van der Waals surface area contributed by atoms with Gasteiger partial charge in [-0.25, -0.2) is 0 Å². The second-order valence-corrected chi connectivity index (χ2v) is 3.16. The van der Waals surface area contributed by atoms with Gasteiger partial charge in [-0.3, -0.25) is 9.59 Å². The van der Waals surface area contributed by atoms with Gasteiger partial charge in [-0.15, -0.1) is 6.58 Å². The van der Waals surface area contributed by atoms with E-state index >= 15 is 0 Å². The summed E-state index contributed by atoms with van der Waals surface area (Å²) in [7, 11) is 0. The lowest BCUT2D eigenvalue weighted by Gasteiger charge is -2.19. The van der Waals surface area contributed by atoms with Crippen molar-refractivity contribution in [3.8, 4) is 0 Å². The molecule has 0 heterocycles. The smallest absolute Gasteiger partial charge is 0.317 e. The molecule has 0 bridgehead atoms. The third-order valence-corrected chi connectivity index (χ3v) is 2.44. The van der Waals surface area contributed by atoms with Crippen LogP contribution >= 0.6 is 0 Å². The summed E-state index contributed by atoms with van der Waals surface area (Å²) < 4.78 is 0. The first kappa shape index (κ1) is 8.97. The van der Waals surface area contributed by atoms with Crippen molar-refractivity contribution in [1.29, 1.82) is 0 Å². The Bertz CT molecular complexity index is 232. The Labute approximate surface area is 71.1 Å². The minimum absolute atomic E-state index is 0.144. The Morgan fingerprint density at radius 3 is 2.75 bits per heavy atom. The van der Waals surface area contributed by atoms with Crippen molar-refractivity contribution < 1.29 is 14.7 Å². The average molecular weight is 168 g/mol. The molecule has 1 aliphatic rings. The second-order valence-electron chi connectivity index (χ2n) is 3.16. The van der Waals surface area contributed by atoms with Crippen LogP contribution in [0, 0.1) is 5.41 Å². The topological polar surface area (TPSA) is 54.4 Å². The van der Waals surface area contributed by atoms with Crippen LogP contribution < -0.4 is 0 Å². The first-order chi connectivity index (χ1) is 5.63. The summed E-state index contributed by atoms with van der Waals surface area (Å²) >= 11 is 0. The van der Waals surface area contributed by atoms with E-state index < -0.39 is 11.4 Å². The van der Waals surface area contributed by atoms with Gasteiger partial charge in [0.05, 0.1) is 0 Å². The summed E-state index contributed by atoms with van der Waals surface area (Å²) in [5.41, 5.74) is -1.14. The average Bonchev–Trinajstić information content (AvgIpc) is 2.34. The highest BCUT2D eigenvalue weighted by Gasteiger charge is 2.47. The quantitative estimate of drug-likeness (QED) is 0.511. The molecule has 0 radical (unpaired) electrons. The highest BCUT2D eigenvalue weighted by atomic mass is 16.4. The molecule has 0 aromatic rings. The Morgan fingerprint density at radius 2 is 2.42 bits per heavy atom. The zero-order valence-electron chi connectivity index (χ0n) is 6.88. The summed E-state index contributed by atoms with van der Waals surface area (Å²) in [4.78, 5) is 22.2. The Morgan fingerprint density at radius 1 is 1.75 bits per heavy atom. The molecule has 3 heteroatoms. The number of rotatable bonds is 3. The molecule has 1 rings (SSSR count). The predicted molar refractivity (Wildman–Crippen MR) is 43.7 cm³/mol. The van der Waals surface area contributed by atoms with Gasteiger partial charge in [0.1, 0.15) is 11.2 Å². The van der Waals surface area contributed by atoms with E-state index in [4.69, 9.17) is 5.11 Å². The van der Waals surface area contributed by atoms with E-state index in [2.05, 4.69) is 6.58 Å². The van der Waals surface area contributed by atoms with Crippen molar-refractivity contribution in [3.05, 3.63) is 12.7 Å². The Kier molecular flexibility index (Phi) is 2.31. The molecule has 1 N–H and O–H groups in total. The van der Waals surface area contributed by atoms with Gasteiger partial charge in [0.15, 0.2) is 0 Å². The summed E-state index contributed by atoms with van der Waals surface area (Å²) in [5, 5.41) is 8.90. The van der Waals surface area contributed by atoms with Crippen LogP contribution in [0.15, 0.2) is 12.7 Å². The third-order valence-electron chi connectivity index (χ3n) is 2.44. The van der Waals surface area contributed by atoms with Gasteiger partial charge in [0.25, 0.3) is 0 Å². The first-order valence-corrected chi connectivity index (χ1v) is 4.01. The molecule has 3 nitrogen and oxygen atoms in total. The van der Waals surface area contributed by atoms with E-state index in [0.29, 0.717) is 19.3 Å². The number of aliphatic carboxylic acids is 1. The monoisotopic (exact) mass is 168 g/mol. The van der Waals surface area contributed by atoms with E-state index in [1.807, 2.05) is 0 Å². The fourth-order valence-electron chi connectivity index (χ4n) is 1.71. The molecule has 12 heavy (non-hydrogen) atoms. The molecule has 0 saturated heterocycles. The van der Waals surface area contributed by atoms with Crippen molar-refractivity contribution in [3.63, 3.8) is 0 Å². The molecule has 1 aliphatic carbocycles. The maximum Gasteiger partial charge on any atom is 0.317 e. The number of carboxylic acids is 1. The van der Waals surface area contributed by atoms with Crippen LogP contribution in [0.2, 0.25) is 0 Å². The zero-order valence-corrected chi connectivity index (χ0v) is 6.88. The SMILES string of the molecule is C=CCC1(C(=O)O)CCCC1=O. The number of carbonyl (C=O) groups is 2. The van der Waals surface area contributed by atoms with Crippen LogP contribution in [0.25, 0.3) is 0 Å². The molecule has 0 amide bonds. The molecule has 1 atom stereocenters. The summed E-state index contributed by atoms with van der Waals surface area (Å²) in [6, 6.07) is 0. The summed E-state index contributed by atoms with van der Waals surface area (Å²) in [6.45, 7) is 3.47. The zero-order chi connectivity index (χ0) is 9.19. The molecular weight excluding hydrogens is 156 g/mol. The van der Waals surface area contributed by atoms with Crippen LogP contribution in [0.4, 0.5) is 0 Å². The van der Waals surface area contributed by atoms with Crippen molar-refractivity contribution in [2.24, 2.45) is 5.41 Å². The van der Waals surface area contributed by atoms with E-state index in [1.54, 1.807) is 0 Å². The standard InChI is InChI=1S/C9H12O3/c1-2-5-9(8(11)12)6-3-4-7(9)10/h2H,1,3-6H2,(H,11,12). The summed E-state index contributed by atoms with van der Waals surface area (Å²) in [5.74, 6) is -1.14. The van der Waals surface area contributed by atoms with Gasteiger partial charge in [0, 0.05) is 6.42 Å². The van der Waals surface area contributed by atoms with Crippen LogP contribution in [0.1, 0.15) is 25.7 Å². The molecule has 1 unspecified atom stereocenters. The molecule has 0 aromatic carbocycles. The van der Waals surface area contributed by atoms with Crippen molar-refractivity contribution in [1.82, 2.24) is 0 Å². The molecule has 1 fully saturated rings. The number of ketones is 1. The van der Waals surface area contributed by atoms with Crippen LogP contribution in [-0.4, -0.2) is 16.9 Å². The Balaban J connectivity index is 2.92. The maximum atomic E-state index is 11.3. The van der Waals surface area contributed by atoms with E-state index in [0.717, 1.165) is 0 Å². The van der Waals surface area contributed by atoms with Gasteiger partial charge >= 0.3 is 5.97 Å². The van der Waals surface area contributed by atoms with Crippen LogP contribution in [-0.2, 0) is 9.59 Å². The van der Waals surface area contributed by atoms with Gasteiger partial charge in [-0.2, -0.15) is 0 Å². The van der Waals surface area contributed by atoms with Crippen LogP contribution in [0.3, 0.4) is 0 Å². The number of carboxylic acid groups (broad SMARTS) is 1. The number of allylic oxidation sites excluding steroid dienone is 1. The molecule has 0 aliphatic heterocycles. The molecular formula is C9H12O3. The fourth-order valence-corrected chi connectivity index (χ4v) is 1.71. The largest absolute Gasteiger partial charge is 0.480 e. The minimum atomic E-state index is -1.14. The normalized spacial score (nSPS) is 28.8. The second kappa shape index (κ2) is 3.09. The lowest BCUT2D eigenvalue weighted by molar-refractivity contribution is -0.153. The molecule has 66 valence electrons. The van der Waals surface area contributed by atoms with Crippen LogP contribution in [0.5, 0.6) is 0 Å². The molecule has 1 saturated carbocycles. The van der Waals surface area contributed by atoms with Gasteiger partial charge < -0.3 is 5.11 Å². The molecule has 0 aromatic heterocycles. The van der Waals surface area contributed by atoms with Gasteiger partial charge in [-0.05, 0) is 19.3 Å². The lowest BCUT2D eigenvalue weighted by atomic mass is 9.82. The number of hydrogen-bond donors (Lipinski definition) is 1. The predicted octanol–water partition coefficient (Wildman–Crippen LogP) is 1.39. The highest BCUT2D eigenvalue weighted by molar-refractivity contribution is 6.04. The van der Waals surface area contributed by atoms with Crippen molar-refractivity contribution in [2.75, 3.05) is 0 Å². The first-order valence-electron chi connectivity index (χ1n) is 4.01. The molecule has 0 spiro atoms. The fraction of sp³-hybridized carbons (Fsp3) is 0.556.